The Kier molecular flexibility index (Phi) is 2.04. The van der Waals surface area contributed by atoms with Gasteiger partial charge in [0.2, 0.25) is 0 Å². The molecule has 0 unspecified atom stereocenters. The van der Waals surface area contributed by atoms with Gasteiger partial charge in [-0.2, -0.15) is 14.9 Å². The summed E-state index contributed by atoms with van der Waals surface area (Å²) >= 11 is 0. The van der Waals surface area contributed by atoms with Crippen LogP contribution in [0, 0.1) is 0 Å². The number of nitrogens with zero attached hydrogens (tertiary/aromatic N) is 5. The minimum absolute atomic E-state index is 0.539. The quantitative estimate of drug-likeness (QED) is 0.673. The van der Waals surface area contributed by atoms with Gasteiger partial charge in [-0.1, -0.05) is 6.92 Å². The molecule has 0 atom stereocenters. The molecule has 17 heavy (non-hydrogen) atoms. The zero-order valence-electron chi connectivity index (χ0n) is 9.25. The smallest absolute Gasteiger partial charge is 0.188 e. The number of rotatable bonds is 2. The van der Waals surface area contributed by atoms with Gasteiger partial charge in [0.25, 0.3) is 0 Å². The van der Waals surface area contributed by atoms with Crippen LogP contribution < -0.4 is 5.73 Å². The summed E-state index contributed by atoms with van der Waals surface area (Å²) in [6, 6.07) is 1.77. The van der Waals surface area contributed by atoms with E-state index in [9.17, 15) is 0 Å². The first kappa shape index (κ1) is 9.76. The maximum absolute atomic E-state index is 5.84. The summed E-state index contributed by atoms with van der Waals surface area (Å²) in [7, 11) is 0. The lowest BCUT2D eigenvalue weighted by atomic mass is 10.2. The highest BCUT2D eigenvalue weighted by atomic mass is 15.4. The lowest BCUT2D eigenvalue weighted by Gasteiger charge is -1.98. The number of hydrogen-bond acceptors (Lipinski definition) is 5. The van der Waals surface area contributed by atoms with Gasteiger partial charge >= 0.3 is 0 Å². The van der Waals surface area contributed by atoms with E-state index in [1.165, 1.54) is 6.33 Å². The van der Waals surface area contributed by atoms with Crippen molar-refractivity contribution in [1.29, 1.82) is 0 Å². The second kappa shape index (κ2) is 3.55. The van der Waals surface area contributed by atoms with E-state index in [0.717, 1.165) is 17.5 Å². The Morgan fingerprint density at radius 2 is 2.35 bits per heavy atom. The van der Waals surface area contributed by atoms with Gasteiger partial charge in [0.15, 0.2) is 11.5 Å². The Morgan fingerprint density at radius 1 is 1.47 bits per heavy atom. The molecule has 0 saturated carbocycles. The van der Waals surface area contributed by atoms with Crippen molar-refractivity contribution >= 4 is 16.9 Å². The molecule has 0 bridgehead atoms. The molecular weight excluding hydrogens is 218 g/mol. The van der Waals surface area contributed by atoms with Gasteiger partial charge in [-0.05, 0) is 6.42 Å². The molecule has 3 N–H and O–H groups in total. The molecule has 7 heteroatoms. The van der Waals surface area contributed by atoms with Crippen molar-refractivity contribution in [1.82, 2.24) is 29.9 Å². The minimum Gasteiger partial charge on any atom is -0.383 e. The molecule has 86 valence electrons. The van der Waals surface area contributed by atoms with E-state index in [4.69, 9.17) is 5.73 Å². The molecule has 3 aromatic rings. The maximum atomic E-state index is 5.84. The van der Waals surface area contributed by atoms with E-state index in [0.29, 0.717) is 17.3 Å². The molecule has 0 fully saturated rings. The number of nitrogen functional groups attached to an aromatic ring is 1. The number of anilines is 1. The van der Waals surface area contributed by atoms with Gasteiger partial charge in [-0.15, -0.1) is 0 Å². The predicted octanol–water partition coefficient (Wildman–Crippen LogP) is 0.683. The van der Waals surface area contributed by atoms with Gasteiger partial charge in [0.1, 0.15) is 12.1 Å². The average molecular weight is 229 g/mol. The number of H-pyrrole nitrogens is 1. The Bertz CT molecular complexity index is 652. The molecular formula is C10H11N7. The molecule has 0 amide bonds. The van der Waals surface area contributed by atoms with Gasteiger partial charge in [0.05, 0.1) is 11.1 Å². The van der Waals surface area contributed by atoms with E-state index in [1.807, 2.05) is 6.92 Å². The van der Waals surface area contributed by atoms with Crippen molar-refractivity contribution < 1.29 is 0 Å². The monoisotopic (exact) mass is 229 g/mol. The summed E-state index contributed by atoms with van der Waals surface area (Å²) in [6.45, 7) is 2.03. The highest BCUT2D eigenvalue weighted by molar-refractivity contribution is 5.89. The van der Waals surface area contributed by atoms with Crippen LogP contribution in [0.1, 0.15) is 12.6 Å². The Morgan fingerprint density at radius 3 is 3.06 bits per heavy atom. The molecule has 0 saturated heterocycles. The lowest BCUT2D eigenvalue weighted by molar-refractivity contribution is 0.815. The van der Waals surface area contributed by atoms with Gasteiger partial charge in [-0.3, -0.25) is 5.10 Å². The number of aryl methyl sites for hydroxylation is 1. The molecule has 3 heterocycles. The Balaban J connectivity index is 2.31. The van der Waals surface area contributed by atoms with E-state index >= 15 is 0 Å². The highest BCUT2D eigenvalue weighted by Crippen LogP contribution is 2.24. The van der Waals surface area contributed by atoms with Gasteiger partial charge in [0, 0.05) is 12.3 Å². The summed E-state index contributed by atoms with van der Waals surface area (Å²) in [4.78, 5) is 8.03. The SMILES string of the molecule is CCc1nn(-c2ccncn2)c2n[nH]c(N)c12. The molecule has 3 rings (SSSR count). The first-order valence-electron chi connectivity index (χ1n) is 5.29. The summed E-state index contributed by atoms with van der Waals surface area (Å²) in [6.07, 6.45) is 3.93. The molecule has 0 spiro atoms. The largest absolute Gasteiger partial charge is 0.383 e. The topological polar surface area (TPSA) is 98.3 Å². The second-order valence-electron chi connectivity index (χ2n) is 3.62. The normalized spacial score (nSPS) is 11.1. The summed E-state index contributed by atoms with van der Waals surface area (Å²) in [5.41, 5.74) is 7.44. The Labute approximate surface area is 96.7 Å². The standard InChI is InChI=1S/C10H11N7/c1-2-6-8-9(11)14-15-10(8)17(16-6)7-3-4-12-5-13-7/h3-5H,2H2,1H3,(H3,11,14,15). The second-order valence-corrected chi connectivity index (χ2v) is 3.62. The summed E-state index contributed by atoms with van der Waals surface area (Å²) < 4.78 is 1.67. The van der Waals surface area contributed by atoms with Crippen LogP contribution in [-0.2, 0) is 6.42 Å². The van der Waals surface area contributed by atoms with Crippen molar-refractivity contribution in [2.75, 3.05) is 5.73 Å². The van der Waals surface area contributed by atoms with Gasteiger partial charge in [-0.25, -0.2) is 9.97 Å². The number of aromatic amines is 1. The van der Waals surface area contributed by atoms with Crippen molar-refractivity contribution in [3.63, 3.8) is 0 Å². The number of fused-ring (bicyclic) bond motifs is 1. The lowest BCUT2D eigenvalue weighted by Crippen LogP contribution is -2.01. The van der Waals surface area contributed by atoms with Crippen molar-refractivity contribution in [2.24, 2.45) is 0 Å². The molecule has 0 aliphatic heterocycles. The van der Waals surface area contributed by atoms with E-state index in [-0.39, 0.29) is 0 Å². The Hall–Kier alpha value is -2.44. The fourth-order valence-electron chi connectivity index (χ4n) is 1.82. The van der Waals surface area contributed by atoms with Crippen LogP contribution in [0.5, 0.6) is 0 Å². The van der Waals surface area contributed by atoms with Crippen LogP contribution in [0.3, 0.4) is 0 Å². The fraction of sp³-hybridized carbons (Fsp3) is 0.200. The van der Waals surface area contributed by atoms with Gasteiger partial charge < -0.3 is 5.73 Å². The van der Waals surface area contributed by atoms with Crippen LogP contribution in [0.4, 0.5) is 5.82 Å². The molecule has 0 aliphatic carbocycles. The van der Waals surface area contributed by atoms with Crippen LogP contribution in [-0.4, -0.2) is 29.9 Å². The van der Waals surface area contributed by atoms with Crippen molar-refractivity contribution in [3.05, 3.63) is 24.3 Å². The molecule has 7 nitrogen and oxygen atoms in total. The maximum Gasteiger partial charge on any atom is 0.188 e. The third kappa shape index (κ3) is 1.36. The molecule has 0 aliphatic rings. The van der Waals surface area contributed by atoms with Crippen LogP contribution >= 0.6 is 0 Å². The zero-order valence-corrected chi connectivity index (χ0v) is 9.25. The summed E-state index contributed by atoms with van der Waals surface area (Å²) in [5.74, 6) is 1.22. The zero-order chi connectivity index (χ0) is 11.8. The van der Waals surface area contributed by atoms with Crippen LogP contribution in [0.15, 0.2) is 18.6 Å². The van der Waals surface area contributed by atoms with E-state index < -0.39 is 0 Å². The number of aromatic nitrogens is 6. The number of nitrogens with one attached hydrogen (secondary N) is 1. The number of nitrogens with two attached hydrogens (primary N) is 1. The highest BCUT2D eigenvalue weighted by Gasteiger charge is 2.16. The summed E-state index contributed by atoms with van der Waals surface area (Å²) in [5, 5.41) is 12.2. The first-order chi connectivity index (χ1) is 8.31. The van der Waals surface area contributed by atoms with Crippen LogP contribution in [0.25, 0.3) is 16.9 Å². The molecule has 3 aromatic heterocycles. The number of hydrogen-bond donors (Lipinski definition) is 2. The average Bonchev–Trinajstić information content (AvgIpc) is 2.92. The fourth-order valence-corrected chi connectivity index (χ4v) is 1.82. The predicted molar refractivity (Wildman–Crippen MR) is 62.6 cm³/mol. The first-order valence-corrected chi connectivity index (χ1v) is 5.29. The third-order valence-electron chi connectivity index (χ3n) is 2.60. The van der Waals surface area contributed by atoms with Crippen LogP contribution in [0.2, 0.25) is 0 Å². The third-order valence-corrected chi connectivity index (χ3v) is 2.60. The minimum atomic E-state index is 0.539. The van der Waals surface area contributed by atoms with Crippen molar-refractivity contribution in [3.8, 4) is 5.82 Å². The molecule has 0 aromatic carbocycles. The van der Waals surface area contributed by atoms with Crippen molar-refractivity contribution in [2.45, 2.75) is 13.3 Å². The van der Waals surface area contributed by atoms with E-state index in [1.54, 1.807) is 16.9 Å². The molecule has 0 radical (unpaired) electrons. The van der Waals surface area contributed by atoms with E-state index in [2.05, 4.69) is 25.3 Å².